The number of carboxylic acid groups (broad SMARTS) is 1. The van der Waals surface area contributed by atoms with E-state index in [-0.39, 0.29) is 18.4 Å². The zero-order valence-corrected chi connectivity index (χ0v) is 17.8. The monoisotopic (exact) mass is 440 g/mol. The molecule has 0 radical (unpaired) electrons. The first kappa shape index (κ1) is 21.4. The highest BCUT2D eigenvalue weighted by atomic mass is 35.5. The molecule has 162 valence electrons. The van der Waals surface area contributed by atoms with E-state index in [4.69, 9.17) is 21.4 Å². The predicted molar refractivity (Wildman–Crippen MR) is 119 cm³/mol. The number of benzene rings is 2. The number of carbonyl (C=O) groups excluding carboxylic acids is 1. The summed E-state index contributed by atoms with van der Waals surface area (Å²) in [5, 5.41) is 10.9. The van der Waals surface area contributed by atoms with Gasteiger partial charge in [-0.1, -0.05) is 48.0 Å². The van der Waals surface area contributed by atoms with Crippen LogP contribution in [0.15, 0.2) is 60.7 Å². The number of ether oxygens (including phenoxy) is 1. The number of fused-ring (bicyclic) bond motifs is 1. The van der Waals surface area contributed by atoms with Crippen molar-refractivity contribution in [3.8, 4) is 0 Å². The lowest BCUT2D eigenvalue weighted by atomic mass is 10.1. The van der Waals surface area contributed by atoms with Crippen LogP contribution in [0.3, 0.4) is 0 Å². The average Bonchev–Trinajstić information content (AvgIpc) is 3.47. The number of hydrogen-bond donors (Lipinski definition) is 2. The van der Waals surface area contributed by atoms with Crippen molar-refractivity contribution in [2.24, 2.45) is 5.92 Å². The molecule has 3 aromatic rings. The molecular formula is C24H25ClN2O4. The molecule has 1 saturated carbocycles. The van der Waals surface area contributed by atoms with Crippen molar-refractivity contribution in [2.75, 3.05) is 13.2 Å². The summed E-state index contributed by atoms with van der Waals surface area (Å²) >= 11 is 5.54. The first-order valence-corrected chi connectivity index (χ1v) is 10.8. The van der Waals surface area contributed by atoms with Crippen molar-refractivity contribution in [3.63, 3.8) is 0 Å². The summed E-state index contributed by atoms with van der Waals surface area (Å²) in [7, 11) is 0. The third-order valence-corrected chi connectivity index (χ3v) is 5.80. The van der Waals surface area contributed by atoms with Gasteiger partial charge in [-0.2, -0.15) is 0 Å². The molecule has 1 aliphatic carbocycles. The van der Waals surface area contributed by atoms with Crippen LogP contribution < -0.4 is 0 Å². The number of hydrogen-bond acceptors (Lipinski definition) is 3. The lowest BCUT2D eigenvalue weighted by Gasteiger charge is -2.38. The molecule has 1 saturated heterocycles. The molecule has 2 aliphatic rings. The van der Waals surface area contributed by atoms with Crippen LogP contribution in [-0.2, 0) is 14.3 Å². The van der Waals surface area contributed by atoms with Gasteiger partial charge in [-0.15, -0.1) is 0 Å². The quantitative estimate of drug-likeness (QED) is 0.604. The zero-order chi connectivity index (χ0) is 21.8. The second-order valence-electron chi connectivity index (χ2n) is 7.98. The lowest BCUT2D eigenvalue weighted by Crippen LogP contribution is -2.50. The van der Waals surface area contributed by atoms with E-state index in [9.17, 15) is 9.59 Å². The van der Waals surface area contributed by atoms with Crippen LogP contribution >= 0.6 is 11.6 Å². The van der Waals surface area contributed by atoms with Crippen molar-refractivity contribution in [3.05, 3.63) is 71.4 Å². The van der Waals surface area contributed by atoms with Crippen molar-refractivity contribution in [1.82, 2.24) is 9.88 Å². The summed E-state index contributed by atoms with van der Waals surface area (Å²) in [5.74, 6) is -0.688. The molecule has 7 heteroatoms. The molecule has 2 heterocycles. The highest BCUT2D eigenvalue weighted by Gasteiger charge is 2.41. The molecule has 1 aromatic heterocycles. The fraction of sp³-hybridized carbons (Fsp3) is 0.333. The summed E-state index contributed by atoms with van der Waals surface area (Å²) in [5.41, 5.74) is 1.97. The summed E-state index contributed by atoms with van der Waals surface area (Å²) in [6.45, 7) is 1.00. The van der Waals surface area contributed by atoms with Gasteiger partial charge in [-0.25, -0.2) is 0 Å². The highest BCUT2D eigenvalue weighted by Crippen LogP contribution is 2.36. The third-order valence-electron chi connectivity index (χ3n) is 5.54. The van der Waals surface area contributed by atoms with Crippen LogP contribution in [0.1, 0.15) is 31.0 Å². The molecule has 1 aliphatic heterocycles. The van der Waals surface area contributed by atoms with Gasteiger partial charge >= 0.3 is 5.97 Å². The number of halogens is 1. The smallest absolute Gasteiger partial charge is 0.306 e. The number of aromatic nitrogens is 1. The standard InChI is InChI=1S/C18H20N2O4.C6H5Cl/c21-17(22)8-16-18(23)20(9-11-5-6-11)15(10-24-16)14-7-12-3-1-2-4-13(12)19-14;7-6-4-2-1-3-5-6/h1-4,7,11,15-16,19H,5-6,8-10H2,(H,21,22);1-5H. The number of H-pyrrole nitrogens is 1. The molecule has 6 nitrogen and oxygen atoms in total. The number of carboxylic acids is 1. The van der Waals surface area contributed by atoms with Crippen molar-refractivity contribution in [1.29, 1.82) is 0 Å². The van der Waals surface area contributed by atoms with Crippen molar-refractivity contribution in [2.45, 2.75) is 31.4 Å². The topological polar surface area (TPSA) is 82.6 Å². The highest BCUT2D eigenvalue weighted by molar-refractivity contribution is 6.30. The van der Waals surface area contributed by atoms with E-state index >= 15 is 0 Å². The number of morpholine rings is 1. The third kappa shape index (κ3) is 5.46. The summed E-state index contributed by atoms with van der Waals surface area (Å²) in [6.07, 6.45) is 1.11. The first-order chi connectivity index (χ1) is 15.0. The number of rotatable bonds is 5. The molecule has 31 heavy (non-hydrogen) atoms. The van der Waals surface area contributed by atoms with Gasteiger partial charge in [0.2, 0.25) is 0 Å². The number of para-hydroxylation sites is 1. The van der Waals surface area contributed by atoms with Crippen LogP contribution in [0.4, 0.5) is 0 Å². The Kier molecular flexibility index (Phi) is 6.59. The van der Waals surface area contributed by atoms with Gasteiger partial charge in [0.25, 0.3) is 5.91 Å². The van der Waals surface area contributed by atoms with Crippen molar-refractivity contribution >= 4 is 34.4 Å². The molecule has 2 unspecified atom stereocenters. The maximum atomic E-state index is 12.7. The summed E-state index contributed by atoms with van der Waals surface area (Å²) in [4.78, 5) is 28.9. The zero-order valence-electron chi connectivity index (χ0n) is 17.0. The van der Waals surface area contributed by atoms with Crippen LogP contribution in [-0.4, -0.2) is 46.1 Å². The number of nitrogens with zero attached hydrogens (tertiary/aromatic N) is 1. The number of nitrogens with one attached hydrogen (secondary N) is 1. The molecule has 5 rings (SSSR count). The largest absolute Gasteiger partial charge is 0.481 e. The predicted octanol–water partition coefficient (Wildman–Crippen LogP) is 4.66. The molecule has 2 atom stereocenters. The van der Waals surface area contributed by atoms with Gasteiger partial charge < -0.3 is 19.7 Å². The molecule has 2 fully saturated rings. The van der Waals surface area contributed by atoms with E-state index in [2.05, 4.69) is 4.98 Å². The van der Waals surface area contributed by atoms with Crippen LogP contribution in [0.5, 0.6) is 0 Å². The van der Waals surface area contributed by atoms with E-state index in [0.29, 0.717) is 19.1 Å². The Hall–Kier alpha value is -2.83. The molecule has 0 spiro atoms. The normalized spacial score (nSPS) is 20.9. The van der Waals surface area contributed by atoms with Crippen LogP contribution in [0.2, 0.25) is 5.02 Å². The Morgan fingerprint density at radius 3 is 2.45 bits per heavy atom. The van der Waals surface area contributed by atoms with Gasteiger partial charge in [-0.05, 0) is 48.4 Å². The molecule has 0 bridgehead atoms. The number of aliphatic carboxylic acids is 1. The first-order valence-electron chi connectivity index (χ1n) is 10.4. The Balaban J connectivity index is 0.000000282. The Morgan fingerprint density at radius 1 is 1.13 bits per heavy atom. The second-order valence-corrected chi connectivity index (χ2v) is 8.41. The maximum Gasteiger partial charge on any atom is 0.306 e. The van der Waals surface area contributed by atoms with E-state index in [1.54, 1.807) is 0 Å². The minimum atomic E-state index is -1.01. The second kappa shape index (κ2) is 9.54. The maximum absolute atomic E-state index is 12.7. The van der Waals surface area contributed by atoms with Gasteiger partial charge in [0.1, 0.15) is 6.10 Å². The Bertz CT molecular complexity index is 1010. The Morgan fingerprint density at radius 2 is 1.84 bits per heavy atom. The molecule has 2 N–H and O–H groups in total. The minimum Gasteiger partial charge on any atom is -0.481 e. The molecular weight excluding hydrogens is 416 g/mol. The van der Waals surface area contributed by atoms with E-state index in [1.807, 2.05) is 65.6 Å². The van der Waals surface area contributed by atoms with E-state index < -0.39 is 12.1 Å². The number of amides is 1. The van der Waals surface area contributed by atoms with Gasteiger partial charge in [0, 0.05) is 22.8 Å². The van der Waals surface area contributed by atoms with Crippen LogP contribution in [0, 0.1) is 5.92 Å². The van der Waals surface area contributed by atoms with Crippen molar-refractivity contribution < 1.29 is 19.4 Å². The van der Waals surface area contributed by atoms with Gasteiger partial charge in [0.15, 0.2) is 0 Å². The lowest BCUT2D eigenvalue weighted by molar-refractivity contribution is -0.166. The van der Waals surface area contributed by atoms with E-state index in [1.165, 1.54) is 0 Å². The van der Waals surface area contributed by atoms with Gasteiger partial charge in [-0.3, -0.25) is 9.59 Å². The summed E-state index contributed by atoms with van der Waals surface area (Å²) in [6, 6.07) is 19.3. The minimum absolute atomic E-state index is 0.185. The SMILES string of the molecule is Clc1ccccc1.O=C(O)CC1OCC(c2cc3ccccc3[nH]2)N(CC2CC2)C1=O. The van der Waals surface area contributed by atoms with E-state index in [0.717, 1.165) is 34.5 Å². The van der Waals surface area contributed by atoms with Gasteiger partial charge in [0.05, 0.1) is 19.1 Å². The molecule has 2 aromatic carbocycles. The summed E-state index contributed by atoms with van der Waals surface area (Å²) < 4.78 is 5.60. The average molecular weight is 441 g/mol. The fourth-order valence-corrected chi connectivity index (χ4v) is 3.90. The van der Waals surface area contributed by atoms with Crippen LogP contribution in [0.25, 0.3) is 10.9 Å². The molecule has 1 amide bonds. The fourth-order valence-electron chi connectivity index (χ4n) is 3.76. The Labute approximate surface area is 185 Å². The number of aromatic amines is 1. The number of carbonyl (C=O) groups is 2.